The third kappa shape index (κ3) is 3.87. The molecule has 3 N–H and O–H groups in total. The first kappa shape index (κ1) is 17.1. The summed E-state index contributed by atoms with van der Waals surface area (Å²) >= 11 is 10.9. The molecule has 0 spiro atoms. The minimum atomic E-state index is -0.300. The monoisotopic (exact) mass is 370 g/mol. The number of carbonyl (C=O) groups excluding carboxylic acids is 1. The molecule has 0 fully saturated rings. The zero-order chi connectivity index (χ0) is 17.8. The van der Waals surface area contributed by atoms with Crippen LogP contribution in [0.5, 0.6) is 0 Å². The molecule has 2 aromatic carbocycles. The summed E-state index contributed by atoms with van der Waals surface area (Å²) in [6.45, 7) is 0. The summed E-state index contributed by atoms with van der Waals surface area (Å²) in [6.07, 6.45) is 0. The number of nitrogens with one attached hydrogen (secondary N) is 3. The molecule has 0 saturated carbocycles. The average molecular weight is 371 g/mol. The van der Waals surface area contributed by atoms with E-state index in [1.165, 1.54) is 0 Å². The van der Waals surface area contributed by atoms with E-state index in [9.17, 15) is 4.79 Å². The number of halogens is 1. The van der Waals surface area contributed by atoms with Crippen LogP contribution in [0.15, 0.2) is 54.6 Å². The smallest absolute Gasteiger partial charge is 0.270 e. The first-order chi connectivity index (χ1) is 12.1. The standard InChI is InChI=1S/C18H15ClN4OS/c1-20-18(25)23-22-17(24)14-10-16(11-6-8-12(19)9-7-11)21-15-5-3-2-4-13(14)15/h2-10H,1H3,(H,22,24)(H2,20,23,25). The predicted octanol–water partition coefficient (Wildman–Crippen LogP) is 3.29. The highest BCUT2D eigenvalue weighted by atomic mass is 35.5. The molecule has 126 valence electrons. The summed E-state index contributed by atoms with van der Waals surface area (Å²) in [5, 5.41) is 4.46. The van der Waals surface area contributed by atoms with Gasteiger partial charge in [-0.15, -0.1) is 0 Å². The van der Waals surface area contributed by atoms with E-state index in [1.54, 1.807) is 25.2 Å². The summed E-state index contributed by atoms with van der Waals surface area (Å²) in [5.74, 6) is -0.300. The Balaban J connectivity index is 2.05. The molecule has 0 atom stereocenters. The molecule has 0 bridgehead atoms. The average Bonchev–Trinajstić information content (AvgIpc) is 2.65. The molecule has 3 rings (SSSR count). The highest BCUT2D eigenvalue weighted by Gasteiger charge is 2.14. The van der Waals surface area contributed by atoms with Gasteiger partial charge in [0.25, 0.3) is 5.91 Å². The summed E-state index contributed by atoms with van der Waals surface area (Å²) in [7, 11) is 1.67. The van der Waals surface area contributed by atoms with Gasteiger partial charge in [0.2, 0.25) is 0 Å². The van der Waals surface area contributed by atoms with Crippen LogP contribution >= 0.6 is 23.8 Å². The molecule has 1 heterocycles. The number of pyridine rings is 1. The van der Waals surface area contributed by atoms with E-state index in [-0.39, 0.29) is 5.91 Å². The molecule has 0 saturated heterocycles. The molecule has 7 heteroatoms. The topological polar surface area (TPSA) is 66.0 Å². The zero-order valence-corrected chi connectivity index (χ0v) is 14.9. The summed E-state index contributed by atoms with van der Waals surface area (Å²) in [4.78, 5) is 17.3. The maximum atomic E-state index is 12.6. The lowest BCUT2D eigenvalue weighted by Crippen LogP contribution is -2.45. The predicted molar refractivity (Wildman–Crippen MR) is 104 cm³/mol. The Morgan fingerprint density at radius 1 is 1.08 bits per heavy atom. The van der Waals surface area contributed by atoms with Crippen molar-refractivity contribution in [3.8, 4) is 11.3 Å². The number of fused-ring (bicyclic) bond motifs is 1. The zero-order valence-electron chi connectivity index (χ0n) is 13.3. The number of amides is 1. The second-order valence-electron chi connectivity index (χ2n) is 5.24. The van der Waals surface area contributed by atoms with E-state index in [0.29, 0.717) is 21.4 Å². The Hall–Kier alpha value is -2.70. The van der Waals surface area contributed by atoms with Crippen molar-refractivity contribution in [2.24, 2.45) is 0 Å². The van der Waals surface area contributed by atoms with Gasteiger partial charge in [-0.1, -0.05) is 41.9 Å². The van der Waals surface area contributed by atoms with Crippen molar-refractivity contribution in [2.45, 2.75) is 0 Å². The Bertz CT molecular complexity index is 943. The number of para-hydroxylation sites is 1. The molecule has 0 unspecified atom stereocenters. The van der Waals surface area contributed by atoms with Gasteiger partial charge >= 0.3 is 0 Å². The van der Waals surface area contributed by atoms with E-state index in [0.717, 1.165) is 16.5 Å². The molecule has 5 nitrogen and oxygen atoms in total. The van der Waals surface area contributed by atoms with Crippen LogP contribution in [0.25, 0.3) is 22.2 Å². The van der Waals surface area contributed by atoms with Crippen LogP contribution in [0.1, 0.15) is 10.4 Å². The van der Waals surface area contributed by atoms with Crippen LogP contribution in [-0.2, 0) is 0 Å². The van der Waals surface area contributed by atoms with Gasteiger partial charge in [-0.3, -0.25) is 15.6 Å². The van der Waals surface area contributed by atoms with Crippen LogP contribution in [-0.4, -0.2) is 23.1 Å². The Morgan fingerprint density at radius 2 is 1.80 bits per heavy atom. The number of hydrogen-bond acceptors (Lipinski definition) is 3. The third-order valence-corrected chi connectivity index (χ3v) is 4.18. The van der Waals surface area contributed by atoms with Gasteiger partial charge in [-0.05, 0) is 36.5 Å². The van der Waals surface area contributed by atoms with E-state index >= 15 is 0 Å². The van der Waals surface area contributed by atoms with Crippen molar-refractivity contribution in [2.75, 3.05) is 7.05 Å². The first-order valence-electron chi connectivity index (χ1n) is 7.52. The van der Waals surface area contributed by atoms with Gasteiger partial charge in [0, 0.05) is 23.0 Å². The first-order valence-corrected chi connectivity index (χ1v) is 8.31. The highest BCUT2D eigenvalue weighted by Crippen LogP contribution is 2.25. The van der Waals surface area contributed by atoms with Crippen molar-refractivity contribution in [3.05, 3.63) is 65.2 Å². The molecule has 0 aliphatic rings. The molecule has 25 heavy (non-hydrogen) atoms. The van der Waals surface area contributed by atoms with Crippen LogP contribution in [0, 0.1) is 0 Å². The largest absolute Gasteiger partial charge is 0.364 e. The number of hydrogen-bond donors (Lipinski definition) is 3. The second kappa shape index (κ2) is 7.46. The SMILES string of the molecule is CNC(=S)NNC(=O)c1cc(-c2ccc(Cl)cc2)nc2ccccc12. The minimum Gasteiger partial charge on any atom is -0.364 e. The second-order valence-corrected chi connectivity index (χ2v) is 6.08. The molecule has 0 aliphatic heterocycles. The van der Waals surface area contributed by atoms with Gasteiger partial charge in [0.1, 0.15) is 0 Å². The maximum absolute atomic E-state index is 12.6. The molecule has 0 aliphatic carbocycles. The summed E-state index contributed by atoms with van der Waals surface area (Å²) in [6, 6.07) is 16.6. The van der Waals surface area contributed by atoms with E-state index < -0.39 is 0 Å². The lowest BCUT2D eigenvalue weighted by molar-refractivity contribution is 0.0945. The number of benzene rings is 2. The van der Waals surface area contributed by atoms with Crippen molar-refractivity contribution >= 4 is 45.7 Å². The van der Waals surface area contributed by atoms with Crippen molar-refractivity contribution in [1.82, 2.24) is 21.2 Å². The Kier molecular flexibility index (Phi) is 5.11. The van der Waals surface area contributed by atoms with Gasteiger partial charge in [-0.25, -0.2) is 4.98 Å². The highest BCUT2D eigenvalue weighted by molar-refractivity contribution is 7.80. The van der Waals surface area contributed by atoms with Crippen LogP contribution in [0.4, 0.5) is 0 Å². The van der Waals surface area contributed by atoms with Crippen molar-refractivity contribution in [3.63, 3.8) is 0 Å². The Labute approximate surface area is 155 Å². The van der Waals surface area contributed by atoms with Gasteiger partial charge < -0.3 is 5.32 Å². The molecule has 3 aromatic rings. The fraction of sp³-hybridized carbons (Fsp3) is 0.0556. The lowest BCUT2D eigenvalue weighted by atomic mass is 10.0. The van der Waals surface area contributed by atoms with Crippen LogP contribution in [0.2, 0.25) is 5.02 Å². The van der Waals surface area contributed by atoms with E-state index in [1.807, 2.05) is 36.4 Å². The fourth-order valence-electron chi connectivity index (χ4n) is 2.38. The van der Waals surface area contributed by atoms with Gasteiger partial charge in [-0.2, -0.15) is 0 Å². The summed E-state index contributed by atoms with van der Waals surface area (Å²) < 4.78 is 0. The van der Waals surface area contributed by atoms with Crippen molar-refractivity contribution < 1.29 is 4.79 Å². The number of carbonyl (C=O) groups is 1. The number of hydrazine groups is 1. The summed E-state index contributed by atoms with van der Waals surface area (Å²) in [5.41, 5.74) is 8.04. The lowest BCUT2D eigenvalue weighted by Gasteiger charge is -2.12. The minimum absolute atomic E-state index is 0.300. The Morgan fingerprint density at radius 3 is 2.52 bits per heavy atom. The van der Waals surface area contributed by atoms with Crippen molar-refractivity contribution in [1.29, 1.82) is 0 Å². The van der Waals surface area contributed by atoms with E-state index in [2.05, 4.69) is 21.2 Å². The molecule has 1 aromatic heterocycles. The number of rotatable bonds is 2. The van der Waals surface area contributed by atoms with Gasteiger partial charge in [0.15, 0.2) is 5.11 Å². The van der Waals surface area contributed by atoms with Gasteiger partial charge in [0.05, 0.1) is 16.8 Å². The quantitative estimate of drug-likeness (QED) is 0.477. The molecular weight excluding hydrogens is 356 g/mol. The third-order valence-electron chi connectivity index (χ3n) is 3.62. The van der Waals surface area contributed by atoms with Crippen LogP contribution < -0.4 is 16.2 Å². The number of aromatic nitrogens is 1. The molecule has 0 radical (unpaired) electrons. The van der Waals surface area contributed by atoms with Crippen LogP contribution in [0.3, 0.4) is 0 Å². The number of nitrogens with zero attached hydrogens (tertiary/aromatic N) is 1. The number of thiocarbonyl (C=S) groups is 1. The van der Waals surface area contributed by atoms with E-state index in [4.69, 9.17) is 23.8 Å². The normalized spacial score (nSPS) is 10.3. The molecular formula is C18H15ClN4OS. The maximum Gasteiger partial charge on any atom is 0.270 e. The molecule has 1 amide bonds. The fourth-order valence-corrected chi connectivity index (χ4v) is 2.55.